The van der Waals surface area contributed by atoms with Crippen LogP contribution in [0.3, 0.4) is 0 Å². The highest BCUT2D eigenvalue weighted by atomic mass is 35.5. The first-order chi connectivity index (χ1) is 9.19. The summed E-state index contributed by atoms with van der Waals surface area (Å²) in [6.07, 6.45) is 0.761. The molecule has 0 bridgehead atoms. The molecule has 19 heavy (non-hydrogen) atoms. The van der Waals surface area contributed by atoms with Gasteiger partial charge in [-0.2, -0.15) is 4.98 Å². The number of hydrogen-bond acceptors (Lipinski definition) is 5. The highest BCUT2D eigenvalue weighted by molar-refractivity contribution is 7.98. The maximum Gasteiger partial charge on any atom is 0.237 e. The molecule has 1 unspecified atom stereocenters. The van der Waals surface area contributed by atoms with E-state index in [2.05, 4.69) is 22.4 Å². The van der Waals surface area contributed by atoms with E-state index in [4.69, 9.17) is 16.1 Å². The lowest BCUT2D eigenvalue weighted by Gasteiger charge is -2.04. The average Bonchev–Trinajstić information content (AvgIpc) is 2.85. The van der Waals surface area contributed by atoms with Gasteiger partial charge in [0, 0.05) is 17.4 Å². The minimum Gasteiger partial charge on any atom is -0.338 e. The Bertz CT molecular complexity index is 532. The molecule has 1 aromatic carbocycles. The van der Waals surface area contributed by atoms with Crippen molar-refractivity contribution in [2.24, 2.45) is 0 Å². The molecule has 0 aliphatic rings. The number of likely N-dealkylation sites (N-methyl/N-ethyl adjacent to an activating group) is 1. The molecule has 1 atom stereocenters. The minimum atomic E-state index is 0.335. The van der Waals surface area contributed by atoms with Crippen LogP contribution in [0, 0.1) is 0 Å². The van der Waals surface area contributed by atoms with Gasteiger partial charge in [0.1, 0.15) is 0 Å². The van der Waals surface area contributed by atoms with Crippen LogP contribution in [-0.2, 0) is 12.2 Å². The molecule has 0 amide bonds. The quantitative estimate of drug-likeness (QED) is 0.830. The third kappa shape index (κ3) is 4.23. The fourth-order valence-electron chi connectivity index (χ4n) is 1.51. The molecule has 1 heterocycles. The summed E-state index contributed by atoms with van der Waals surface area (Å²) in [6.45, 7) is 2.08. The molecule has 6 heteroatoms. The number of rotatable bonds is 6. The van der Waals surface area contributed by atoms with E-state index in [0.717, 1.165) is 22.2 Å². The number of benzene rings is 1. The van der Waals surface area contributed by atoms with Crippen LogP contribution < -0.4 is 5.32 Å². The van der Waals surface area contributed by atoms with Crippen molar-refractivity contribution < 1.29 is 4.52 Å². The lowest BCUT2D eigenvalue weighted by Crippen LogP contribution is -2.24. The van der Waals surface area contributed by atoms with E-state index >= 15 is 0 Å². The van der Waals surface area contributed by atoms with E-state index in [1.807, 2.05) is 31.3 Å². The topological polar surface area (TPSA) is 51.0 Å². The van der Waals surface area contributed by atoms with Gasteiger partial charge in [0.2, 0.25) is 5.89 Å². The molecule has 0 aliphatic heterocycles. The zero-order valence-corrected chi connectivity index (χ0v) is 12.5. The predicted molar refractivity (Wildman–Crippen MR) is 77.5 cm³/mol. The first-order valence-electron chi connectivity index (χ1n) is 6.05. The second-order valence-corrected chi connectivity index (χ2v) is 5.64. The van der Waals surface area contributed by atoms with Crippen LogP contribution in [0.1, 0.15) is 18.6 Å². The summed E-state index contributed by atoms with van der Waals surface area (Å²) in [5.41, 5.74) is 0. The predicted octanol–water partition coefficient (Wildman–Crippen LogP) is 3.17. The number of hydrogen-bond donors (Lipinski definition) is 1. The molecular formula is C13H16ClN3OS. The molecule has 0 radical (unpaired) electrons. The molecule has 1 aromatic heterocycles. The average molecular weight is 298 g/mol. The summed E-state index contributed by atoms with van der Waals surface area (Å²) in [5.74, 6) is 1.99. The van der Waals surface area contributed by atoms with Crippen molar-refractivity contribution in [3.63, 3.8) is 0 Å². The van der Waals surface area contributed by atoms with Gasteiger partial charge >= 0.3 is 0 Å². The van der Waals surface area contributed by atoms with Gasteiger partial charge < -0.3 is 9.84 Å². The molecule has 2 aromatic rings. The molecule has 0 saturated carbocycles. The van der Waals surface area contributed by atoms with Crippen LogP contribution in [0.2, 0.25) is 5.02 Å². The highest BCUT2D eigenvalue weighted by Crippen LogP contribution is 2.28. The minimum absolute atomic E-state index is 0.335. The lowest BCUT2D eigenvalue weighted by molar-refractivity contribution is 0.382. The summed E-state index contributed by atoms with van der Waals surface area (Å²) in [6, 6.07) is 8.06. The summed E-state index contributed by atoms with van der Waals surface area (Å²) >= 11 is 7.68. The Labute approximate surface area is 121 Å². The smallest absolute Gasteiger partial charge is 0.237 e. The molecule has 0 fully saturated rings. The van der Waals surface area contributed by atoms with Crippen molar-refractivity contribution in [3.05, 3.63) is 41.0 Å². The molecule has 2 rings (SSSR count). The van der Waals surface area contributed by atoms with Crippen molar-refractivity contribution in [3.8, 4) is 0 Å². The standard InChI is InChI=1S/C13H16ClN3OS/c1-9(15-2)7-12-16-13(18-17-12)8-19-11-6-4-3-5-10(11)14/h3-6,9,15H,7-8H2,1-2H3. The second-order valence-electron chi connectivity index (χ2n) is 4.22. The molecule has 0 spiro atoms. The Morgan fingerprint density at radius 1 is 1.42 bits per heavy atom. The van der Waals surface area contributed by atoms with E-state index < -0.39 is 0 Å². The van der Waals surface area contributed by atoms with E-state index in [-0.39, 0.29) is 0 Å². The van der Waals surface area contributed by atoms with Crippen molar-refractivity contribution in [1.82, 2.24) is 15.5 Å². The van der Waals surface area contributed by atoms with Crippen molar-refractivity contribution in [2.75, 3.05) is 7.05 Å². The van der Waals surface area contributed by atoms with Crippen molar-refractivity contribution in [1.29, 1.82) is 0 Å². The van der Waals surface area contributed by atoms with Crippen LogP contribution in [0.25, 0.3) is 0 Å². The largest absolute Gasteiger partial charge is 0.338 e. The fraction of sp³-hybridized carbons (Fsp3) is 0.385. The summed E-state index contributed by atoms with van der Waals surface area (Å²) in [5, 5.41) is 7.86. The highest BCUT2D eigenvalue weighted by Gasteiger charge is 2.10. The third-order valence-electron chi connectivity index (χ3n) is 2.68. The van der Waals surface area contributed by atoms with E-state index in [1.54, 1.807) is 11.8 Å². The van der Waals surface area contributed by atoms with Gasteiger partial charge in [0.05, 0.1) is 10.8 Å². The van der Waals surface area contributed by atoms with Gasteiger partial charge in [-0.3, -0.25) is 0 Å². The van der Waals surface area contributed by atoms with Gasteiger partial charge in [0.25, 0.3) is 0 Å². The van der Waals surface area contributed by atoms with E-state index in [1.165, 1.54) is 0 Å². The van der Waals surface area contributed by atoms with Crippen LogP contribution in [0.15, 0.2) is 33.7 Å². The van der Waals surface area contributed by atoms with Crippen molar-refractivity contribution in [2.45, 2.75) is 30.0 Å². The van der Waals surface area contributed by atoms with Gasteiger partial charge in [-0.1, -0.05) is 28.9 Å². The Hall–Kier alpha value is -1.04. The Kier molecular flexibility index (Phi) is 5.24. The fourth-order valence-corrected chi connectivity index (χ4v) is 2.59. The molecule has 0 saturated heterocycles. The number of thioether (sulfide) groups is 1. The monoisotopic (exact) mass is 297 g/mol. The van der Waals surface area contributed by atoms with Crippen LogP contribution in [0.5, 0.6) is 0 Å². The Balaban J connectivity index is 1.92. The summed E-state index contributed by atoms with van der Waals surface area (Å²) < 4.78 is 5.22. The van der Waals surface area contributed by atoms with Crippen LogP contribution in [-0.4, -0.2) is 23.2 Å². The van der Waals surface area contributed by atoms with E-state index in [9.17, 15) is 0 Å². The second kappa shape index (κ2) is 6.93. The Morgan fingerprint density at radius 3 is 2.95 bits per heavy atom. The number of nitrogens with one attached hydrogen (secondary N) is 1. The SMILES string of the molecule is CNC(C)Cc1noc(CSc2ccccc2Cl)n1. The number of aromatic nitrogens is 2. The molecule has 1 N–H and O–H groups in total. The molecule has 102 valence electrons. The lowest BCUT2D eigenvalue weighted by atomic mass is 10.2. The third-order valence-corrected chi connectivity index (χ3v) is 4.18. The van der Waals surface area contributed by atoms with Crippen molar-refractivity contribution >= 4 is 23.4 Å². The summed E-state index contributed by atoms with van der Waals surface area (Å²) in [7, 11) is 1.92. The first kappa shape index (κ1) is 14.4. The van der Waals surface area contributed by atoms with Gasteiger partial charge in [-0.25, -0.2) is 0 Å². The van der Waals surface area contributed by atoms with Gasteiger partial charge in [-0.15, -0.1) is 11.8 Å². The van der Waals surface area contributed by atoms with E-state index in [0.29, 0.717) is 17.7 Å². The molecule has 0 aliphatic carbocycles. The number of nitrogens with zero attached hydrogens (tertiary/aromatic N) is 2. The van der Waals surface area contributed by atoms with Gasteiger partial charge in [-0.05, 0) is 26.1 Å². The maximum absolute atomic E-state index is 6.09. The van der Waals surface area contributed by atoms with Gasteiger partial charge in [0.15, 0.2) is 5.82 Å². The van der Waals surface area contributed by atoms with Crippen LogP contribution in [0.4, 0.5) is 0 Å². The van der Waals surface area contributed by atoms with Crippen LogP contribution >= 0.6 is 23.4 Å². The first-order valence-corrected chi connectivity index (χ1v) is 7.41. The normalized spacial score (nSPS) is 12.6. The maximum atomic E-state index is 6.09. The number of halogens is 1. The Morgan fingerprint density at radius 2 is 2.21 bits per heavy atom. The zero-order chi connectivity index (χ0) is 13.7. The molecule has 4 nitrogen and oxygen atoms in total. The zero-order valence-electron chi connectivity index (χ0n) is 10.9. The summed E-state index contributed by atoms with van der Waals surface area (Å²) in [4.78, 5) is 5.38. The molecular weight excluding hydrogens is 282 g/mol.